The second-order valence-electron chi connectivity index (χ2n) is 4.71. The second kappa shape index (κ2) is 7.47. The maximum atomic E-state index is 11.8. The van der Waals surface area contributed by atoms with E-state index in [2.05, 4.69) is 10.6 Å². The van der Waals surface area contributed by atoms with Gasteiger partial charge in [-0.25, -0.2) is 4.79 Å². The normalized spacial score (nSPS) is 10.0. The largest absolute Gasteiger partial charge is 0.399 e. The maximum absolute atomic E-state index is 11.8. The van der Waals surface area contributed by atoms with E-state index in [0.29, 0.717) is 29.2 Å². The predicted molar refractivity (Wildman–Crippen MR) is 86.9 cm³/mol. The quantitative estimate of drug-likeness (QED) is 0.758. The van der Waals surface area contributed by atoms with E-state index in [4.69, 9.17) is 17.3 Å². The van der Waals surface area contributed by atoms with Gasteiger partial charge in [-0.15, -0.1) is 0 Å². The third-order valence-electron chi connectivity index (χ3n) is 2.99. The van der Waals surface area contributed by atoms with Crippen LogP contribution in [0.2, 0.25) is 5.02 Å². The van der Waals surface area contributed by atoms with E-state index < -0.39 is 11.9 Å². The van der Waals surface area contributed by atoms with E-state index in [1.165, 1.54) is 0 Å². The topological polar surface area (TPSA) is 84.2 Å². The van der Waals surface area contributed by atoms with Crippen molar-refractivity contribution in [1.82, 2.24) is 10.6 Å². The molecule has 0 aromatic heterocycles. The zero-order valence-electron chi connectivity index (χ0n) is 11.8. The van der Waals surface area contributed by atoms with Crippen LogP contribution in [0.5, 0.6) is 0 Å². The van der Waals surface area contributed by atoms with Crippen LogP contribution in [0.25, 0.3) is 0 Å². The highest BCUT2D eigenvalue weighted by Crippen LogP contribution is 2.10. The highest BCUT2D eigenvalue weighted by atomic mass is 35.5. The number of amides is 3. The molecule has 0 spiro atoms. The fourth-order valence-corrected chi connectivity index (χ4v) is 2.08. The highest BCUT2D eigenvalue weighted by Gasteiger charge is 2.09. The first-order chi connectivity index (χ1) is 10.5. The summed E-state index contributed by atoms with van der Waals surface area (Å²) in [5.41, 5.74) is 7.48. The molecule has 0 fully saturated rings. The molecule has 0 radical (unpaired) electrons. The monoisotopic (exact) mass is 317 g/mol. The molecule has 0 saturated heterocycles. The van der Waals surface area contributed by atoms with Gasteiger partial charge in [0.1, 0.15) is 0 Å². The number of carbonyl (C=O) groups excluding carboxylic acids is 2. The Balaban J connectivity index is 1.78. The Hall–Kier alpha value is -2.53. The van der Waals surface area contributed by atoms with Crippen molar-refractivity contribution in [3.8, 4) is 0 Å². The lowest BCUT2D eigenvalue weighted by Gasteiger charge is -2.07. The molecular weight excluding hydrogens is 302 g/mol. The molecule has 3 amide bonds. The van der Waals surface area contributed by atoms with E-state index >= 15 is 0 Å². The summed E-state index contributed by atoms with van der Waals surface area (Å²) in [6.45, 7) is 0.404. The van der Waals surface area contributed by atoms with E-state index in [0.717, 1.165) is 5.56 Å². The van der Waals surface area contributed by atoms with Gasteiger partial charge in [0.25, 0.3) is 5.91 Å². The number of hydrogen-bond donors (Lipinski definition) is 3. The number of halogens is 1. The minimum Gasteiger partial charge on any atom is -0.399 e. The van der Waals surface area contributed by atoms with E-state index in [9.17, 15) is 9.59 Å². The van der Waals surface area contributed by atoms with Crippen molar-refractivity contribution in [3.05, 3.63) is 64.7 Å². The molecule has 0 unspecified atom stereocenters. The summed E-state index contributed by atoms with van der Waals surface area (Å²) in [7, 11) is 0. The first-order valence-corrected chi connectivity index (χ1v) is 7.11. The average Bonchev–Trinajstić information content (AvgIpc) is 2.48. The standard InChI is InChI=1S/C16H16ClN3O2/c17-13-3-1-2-11(10-13)8-9-19-16(22)20-15(21)12-4-6-14(18)7-5-12/h1-7,10H,8-9,18H2,(H2,19,20,21,22). The van der Waals surface area contributed by atoms with Crippen LogP contribution in [0.4, 0.5) is 10.5 Å². The Morgan fingerprint density at radius 1 is 1.09 bits per heavy atom. The number of rotatable bonds is 4. The van der Waals surface area contributed by atoms with Crippen molar-refractivity contribution in [2.75, 3.05) is 12.3 Å². The van der Waals surface area contributed by atoms with Crippen LogP contribution in [-0.4, -0.2) is 18.5 Å². The number of nitrogens with one attached hydrogen (secondary N) is 2. The van der Waals surface area contributed by atoms with Gasteiger partial charge in [0.2, 0.25) is 0 Å². The van der Waals surface area contributed by atoms with Gasteiger partial charge < -0.3 is 11.1 Å². The van der Waals surface area contributed by atoms with E-state index in [-0.39, 0.29) is 0 Å². The van der Waals surface area contributed by atoms with Gasteiger partial charge in [0.05, 0.1) is 0 Å². The van der Waals surface area contributed by atoms with Crippen molar-refractivity contribution < 1.29 is 9.59 Å². The molecule has 0 heterocycles. The molecule has 4 N–H and O–H groups in total. The highest BCUT2D eigenvalue weighted by molar-refractivity contribution is 6.30. The zero-order chi connectivity index (χ0) is 15.9. The lowest BCUT2D eigenvalue weighted by Crippen LogP contribution is -2.40. The summed E-state index contributed by atoms with van der Waals surface area (Å²) >= 11 is 5.88. The van der Waals surface area contributed by atoms with Gasteiger partial charge in [-0.05, 0) is 48.4 Å². The summed E-state index contributed by atoms with van der Waals surface area (Å²) < 4.78 is 0. The smallest absolute Gasteiger partial charge is 0.321 e. The predicted octanol–water partition coefficient (Wildman–Crippen LogP) is 2.60. The first-order valence-electron chi connectivity index (χ1n) is 6.74. The fourth-order valence-electron chi connectivity index (χ4n) is 1.87. The molecule has 2 rings (SSSR count). The average molecular weight is 318 g/mol. The van der Waals surface area contributed by atoms with E-state index in [1.54, 1.807) is 30.3 Å². The van der Waals surface area contributed by atoms with Crippen LogP contribution in [-0.2, 0) is 6.42 Å². The molecule has 6 heteroatoms. The molecule has 2 aromatic carbocycles. The van der Waals surface area contributed by atoms with Crippen molar-refractivity contribution in [1.29, 1.82) is 0 Å². The van der Waals surface area contributed by atoms with Gasteiger partial charge in [-0.2, -0.15) is 0 Å². The van der Waals surface area contributed by atoms with Gasteiger partial charge in [-0.1, -0.05) is 23.7 Å². The second-order valence-corrected chi connectivity index (χ2v) is 5.15. The molecule has 0 aliphatic heterocycles. The van der Waals surface area contributed by atoms with Crippen LogP contribution in [0, 0.1) is 0 Å². The Morgan fingerprint density at radius 2 is 1.82 bits per heavy atom. The van der Waals surface area contributed by atoms with Gasteiger partial charge in [0.15, 0.2) is 0 Å². The van der Waals surface area contributed by atoms with Crippen molar-refractivity contribution >= 4 is 29.2 Å². The fraction of sp³-hybridized carbons (Fsp3) is 0.125. The van der Waals surface area contributed by atoms with Gasteiger partial charge >= 0.3 is 6.03 Å². The SMILES string of the molecule is Nc1ccc(C(=O)NC(=O)NCCc2cccc(Cl)c2)cc1. The Bertz CT molecular complexity index is 671. The van der Waals surface area contributed by atoms with Crippen molar-refractivity contribution in [3.63, 3.8) is 0 Å². The number of anilines is 1. The molecule has 0 aliphatic rings. The minimum absolute atomic E-state index is 0.374. The van der Waals surface area contributed by atoms with Crippen LogP contribution in [0.1, 0.15) is 15.9 Å². The lowest BCUT2D eigenvalue weighted by atomic mass is 10.1. The summed E-state index contributed by atoms with van der Waals surface area (Å²) in [5, 5.41) is 5.53. The van der Waals surface area contributed by atoms with Crippen LogP contribution < -0.4 is 16.4 Å². The number of carbonyl (C=O) groups is 2. The number of hydrogen-bond acceptors (Lipinski definition) is 3. The molecule has 22 heavy (non-hydrogen) atoms. The third-order valence-corrected chi connectivity index (χ3v) is 3.22. The molecular formula is C16H16ClN3O2. The number of benzene rings is 2. The van der Waals surface area contributed by atoms with Gasteiger partial charge in [0, 0.05) is 22.8 Å². The van der Waals surface area contributed by atoms with Gasteiger partial charge in [-0.3, -0.25) is 10.1 Å². The third kappa shape index (κ3) is 4.79. The summed E-state index contributed by atoms with van der Waals surface area (Å²) in [6.07, 6.45) is 0.629. The van der Waals surface area contributed by atoms with E-state index in [1.807, 2.05) is 18.2 Å². The van der Waals surface area contributed by atoms with Crippen molar-refractivity contribution in [2.45, 2.75) is 6.42 Å². The summed E-state index contributed by atoms with van der Waals surface area (Å²) in [4.78, 5) is 23.5. The molecule has 0 bridgehead atoms. The Labute approximate surface area is 133 Å². The molecule has 0 atom stereocenters. The Kier molecular flexibility index (Phi) is 5.38. The minimum atomic E-state index is -0.538. The van der Waals surface area contributed by atoms with Crippen LogP contribution in [0.15, 0.2) is 48.5 Å². The van der Waals surface area contributed by atoms with Crippen molar-refractivity contribution in [2.24, 2.45) is 0 Å². The summed E-state index contributed by atoms with van der Waals surface area (Å²) in [6, 6.07) is 13.2. The van der Waals surface area contributed by atoms with Crippen LogP contribution >= 0.6 is 11.6 Å². The number of nitrogen functional groups attached to an aromatic ring is 1. The molecule has 114 valence electrons. The maximum Gasteiger partial charge on any atom is 0.321 e. The number of nitrogens with two attached hydrogens (primary N) is 1. The molecule has 5 nitrogen and oxygen atoms in total. The molecule has 0 saturated carbocycles. The first kappa shape index (κ1) is 15.9. The number of urea groups is 1. The Morgan fingerprint density at radius 3 is 2.50 bits per heavy atom. The molecule has 0 aliphatic carbocycles. The van der Waals surface area contributed by atoms with Crippen LogP contribution in [0.3, 0.4) is 0 Å². The summed E-state index contributed by atoms with van der Waals surface area (Å²) in [5.74, 6) is -0.472. The lowest BCUT2D eigenvalue weighted by molar-refractivity contribution is 0.0964. The molecule has 2 aromatic rings. The zero-order valence-corrected chi connectivity index (χ0v) is 12.6. The number of imide groups is 1.